The zero-order valence-corrected chi connectivity index (χ0v) is 10.5. The van der Waals surface area contributed by atoms with Crippen molar-refractivity contribution in [3.05, 3.63) is 52.0 Å². The lowest BCUT2D eigenvalue weighted by atomic mass is 10.2. The SMILES string of the molecule is Nc1ccc(Nc2c(F)cc(F)cc2Cl)c(Cl)c1. The number of hydrogen-bond acceptors (Lipinski definition) is 2. The Hall–Kier alpha value is -1.52. The molecule has 0 fully saturated rings. The molecule has 18 heavy (non-hydrogen) atoms. The maximum atomic E-state index is 13.6. The molecule has 0 spiro atoms. The second-order valence-corrected chi connectivity index (χ2v) is 4.42. The molecule has 0 aromatic heterocycles. The maximum Gasteiger partial charge on any atom is 0.151 e. The van der Waals surface area contributed by atoms with Crippen LogP contribution in [0, 0.1) is 11.6 Å². The van der Waals surface area contributed by atoms with Crippen molar-refractivity contribution < 1.29 is 8.78 Å². The van der Waals surface area contributed by atoms with E-state index >= 15 is 0 Å². The van der Waals surface area contributed by atoms with Gasteiger partial charge in [-0.2, -0.15) is 0 Å². The molecule has 0 atom stereocenters. The summed E-state index contributed by atoms with van der Waals surface area (Å²) in [5, 5.41) is 2.95. The Morgan fingerprint density at radius 1 is 1.00 bits per heavy atom. The van der Waals surface area contributed by atoms with E-state index in [1.54, 1.807) is 12.1 Å². The number of rotatable bonds is 2. The first-order valence-corrected chi connectivity index (χ1v) is 5.69. The minimum Gasteiger partial charge on any atom is -0.399 e. The second-order valence-electron chi connectivity index (χ2n) is 3.61. The lowest BCUT2D eigenvalue weighted by Gasteiger charge is -2.11. The van der Waals surface area contributed by atoms with Gasteiger partial charge in [-0.1, -0.05) is 23.2 Å². The fourth-order valence-corrected chi connectivity index (χ4v) is 1.91. The molecule has 0 bridgehead atoms. The van der Waals surface area contributed by atoms with E-state index in [0.29, 0.717) is 16.4 Å². The maximum absolute atomic E-state index is 13.6. The third kappa shape index (κ3) is 2.66. The van der Waals surface area contributed by atoms with Gasteiger partial charge in [0.25, 0.3) is 0 Å². The number of halogens is 4. The van der Waals surface area contributed by atoms with Gasteiger partial charge in [0.15, 0.2) is 5.82 Å². The van der Waals surface area contributed by atoms with E-state index in [2.05, 4.69) is 5.32 Å². The molecule has 0 radical (unpaired) electrons. The summed E-state index contributed by atoms with van der Waals surface area (Å²) in [6, 6.07) is 6.44. The molecule has 2 rings (SSSR count). The number of nitrogen functional groups attached to an aromatic ring is 1. The fourth-order valence-electron chi connectivity index (χ4n) is 1.43. The average molecular weight is 289 g/mol. The van der Waals surface area contributed by atoms with Crippen LogP contribution in [0.4, 0.5) is 25.8 Å². The van der Waals surface area contributed by atoms with Gasteiger partial charge in [0, 0.05) is 11.8 Å². The predicted molar refractivity (Wildman–Crippen MR) is 70.5 cm³/mol. The summed E-state index contributed by atoms with van der Waals surface area (Å²) in [6.45, 7) is 0. The number of nitrogens with one attached hydrogen (secondary N) is 1. The molecule has 3 N–H and O–H groups in total. The van der Waals surface area contributed by atoms with Crippen LogP contribution in [0.15, 0.2) is 30.3 Å². The van der Waals surface area contributed by atoms with E-state index in [-0.39, 0.29) is 10.7 Å². The topological polar surface area (TPSA) is 38.0 Å². The Morgan fingerprint density at radius 3 is 2.33 bits per heavy atom. The van der Waals surface area contributed by atoms with Gasteiger partial charge in [0.05, 0.1) is 21.4 Å². The third-order valence-electron chi connectivity index (χ3n) is 2.26. The molecular formula is C12H8Cl2F2N2. The number of anilines is 3. The summed E-state index contributed by atoms with van der Waals surface area (Å²) in [7, 11) is 0. The highest BCUT2D eigenvalue weighted by Crippen LogP contribution is 2.33. The van der Waals surface area contributed by atoms with Gasteiger partial charge in [0.2, 0.25) is 0 Å². The molecule has 0 unspecified atom stereocenters. The number of benzene rings is 2. The Balaban J connectivity index is 2.40. The summed E-state index contributed by atoms with van der Waals surface area (Å²) in [4.78, 5) is 0. The van der Waals surface area contributed by atoms with Crippen molar-refractivity contribution in [2.75, 3.05) is 11.1 Å². The van der Waals surface area contributed by atoms with Gasteiger partial charge < -0.3 is 11.1 Å². The van der Waals surface area contributed by atoms with E-state index in [9.17, 15) is 8.78 Å². The minimum absolute atomic E-state index is 0.0373. The lowest BCUT2D eigenvalue weighted by Crippen LogP contribution is -1.97. The summed E-state index contributed by atoms with van der Waals surface area (Å²) in [5.74, 6) is -1.54. The molecule has 2 nitrogen and oxygen atoms in total. The molecule has 0 saturated heterocycles. The van der Waals surface area contributed by atoms with Crippen LogP contribution in [0.5, 0.6) is 0 Å². The van der Waals surface area contributed by atoms with Gasteiger partial charge in [-0.25, -0.2) is 8.78 Å². The van der Waals surface area contributed by atoms with Gasteiger partial charge in [-0.3, -0.25) is 0 Å². The smallest absolute Gasteiger partial charge is 0.151 e. The summed E-state index contributed by atoms with van der Waals surface area (Å²) >= 11 is 11.7. The van der Waals surface area contributed by atoms with E-state index in [0.717, 1.165) is 12.1 Å². The largest absolute Gasteiger partial charge is 0.399 e. The summed E-state index contributed by atoms with van der Waals surface area (Å²) in [6.07, 6.45) is 0. The van der Waals surface area contributed by atoms with Crippen molar-refractivity contribution in [1.29, 1.82) is 0 Å². The molecular weight excluding hydrogens is 281 g/mol. The van der Waals surface area contributed by atoms with Crippen molar-refractivity contribution in [3.63, 3.8) is 0 Å². The van der Waals surface area contributed by atoms with Crippen molar-refractivity contribution >= 4 is 40.3 Å². The molecule has 0 heterocycles. The van der Waals surface area contributed by atoms with Gasteiger partial charge in [0.1, 0.15) is 5.82 Å². The first-order chi connectivity index (χ1) is 8.47. The highest BCUT2D eigenvalue weighted by Gasteiger charge is 2.11. The van der Waals surface area contributed by atoms with E-state index in [1.165, 1.54) is 6.07 Å². The zero-order valence-electron chi connectivity index (χ0n) is 8.98. The molecule has 0 aliphatic rings. The molecule has 0 aliphatic carbocycles. The Kier molecular flexibility index (Phi) is 3.59. The normalized spacial score (nSPS) is 10.4. The van der Waals surface area contributed by atoms with Crippen LogP contribution in [0.2, 0.25) is 10.0 Å². The van der Waals surface area contributed by atoms with Crippen LogP contribution in [-0.2, 0) is 0 Å². The van der Waals surface area contributed by atoms with Crippen molar-refractivity contribution in [3.8, 4) is 0 Å². The molecule has 0 saturated carbocycles. The molecule has 94 valence electrons. The summed E-state index contributed by atoms with van der Waals surface area (Å²) in [5.41, 5.74) is 6.41. The molecule has 6 heteroatoms. The van der Waals surface area contributed by atoms with Crippen LogP contribution >= 0.6 is 23.2 Å². The van der Waals surface area contributed by atoms with E-state index in [4.69, 9.17) is 28.9 Å². The van der Waals surface area contributed by atoms with Crippen LogP contribution in [0.1, 0.15) is 0 Å². The number of hydrogen-bond donors (Lipinski definition) is 2. The van der Waals surface area contributed by atoms with Gasteiger partial charge >= 0.3 is 0 Å². The monoisotopic (exact) mass is 288 g/mol. The fraction of sp³-hybridized carbons (Fsp3) is 0. The van der Waals surface area contributed by atoms with Crippen LogP contribution in [-0.4, -0.2) is 0 Å². The average Bonchev–Trinajstić information content (AvgIpc) is 2.25. The zero-order chi connectivity index (χ0) is 13.3. The van der Waals surface area contributed by atoms with Crippen molar-refractivity contribution in [2.24, 2.45) is 0 Å². The summed E-state index contributed by atoms with van der Waals surface area (Å²) < 4.78 is 26.4. The number of nitrogens with two attached hydrogens (primary N) is 1. The van der Waals surface area contributed by atoms with Crippen molar-refractivity contribution in [1.82, 2.24) is 0 Å². The van der Waals surface area contributed by atoms with Crippen LogP contribution in [0.3, 0.4) is 0 Å². The van der Waals surface area contributed by atoms with Gasteiger partial charge in [-0.05, 0) is 24.3 Å². The Bertz CT molecular complexity index is 580. The second kappa shape index (κ2) is 5.00. The first kappa shape index (κ1) is 12.9. The third-order valence-corrected chi connectivity index (χ3v) is 2.87. The highest BCUT2D eigenvalue weighted by atomic mass is 35.5. The van der Waals surface area contributed by atoms with E-state index < -0.39 is 11.6 Å². The standard InChI is InChI=1S/C12H8Cl2F2N2/c13-8-5-7(17)1-2-11(8)18-12-9(14)3-6(15)4-10(12)16/h1-5,18H,17H2. The Morgan fingerprint density at radius 2 is 1.72 bits per heavy atom. The van der Waals surface area contributed by atoms with Gasteiger partial charge in [-0.15, -0.1) is 0 Å². The predicted octanol–water partition coefficient (Wildman–Crippen LogP) is 4.60. The highest BCUT2D eigenvalue weighted by molar-refractivity contribution is 6.35. The molecule has 0 amide bonds. The van der Waals surface area contributed by atoms with Crippen molar-refractivity contribution in [2.45, 2.75) is 0 Å². The molecule has 2 aromatic carbocycles. The Labute approximate surface area is 112 Å². The first-order valence-electron chi connectivity index (χ1n) is 4.94. The van der Waals surface area contributed by atoms with E-state index in [1.807, 2.05) is 0 Å². The minimum atomic E-state index is -0.798. The molecule has 2 aromatic rings. The quantitative estimate of drug-likeness (QED) is 0.793. The van der Waals surface area contributed by atoms with Crippen LogP contribution in [0.25, 0.3) is 0 Å². The molecule has 0 aliphatic heterocycles. The van der Waals surface area contributed by atoms with Crippen LogP contribution < -0.4 is 11.1 Å². The lowest BCUT2D eigenvalue weighted by molar-refractivity contribution is 0.586.